The smallest absolute Gasteiger partial charge is 0.160 e. The Morgan fingerprint density at radius 3 is 2.42 bits per heavy atom. The highest BCUT2D eigenvalue weighted by molar-refractivity contribution is 5.43. The van der Waals surface area contributed by atoms with E-state index in [4.69, 9.17) is 9.47 Å². The summed E-state index contributed by atoms with van der Waals surface area (Å²) in [7, 11) is 5.62. The molecule has 0 saturated heterocycles. The second-order valence-corrected chi connectivity index (χ2v) is 5.35. The van der Waals surface area contributed by atoms with Crippen molar-refractivity contribution in [2.45, 2.75) is 44.7 Å². The van der Waals surface area contributed by atoms with E-state index in [0.717, 1.165) is 24.0 Å². The van der Waals surface area contributed by atoms with Gasteiger partial charge in [0.25, 0.3) is 0 Å². The molecule has 1 aromatic rings. The van der Waals surface area contributed by atoms with Gasteiger partial charge in [-0.15, -0.1) is 0 Å². The Morgan fingerprint density at radius 1 is 1.21 bits per heavy atom. The van der Waals surface area contributed by atoms with E-state index < -0.39 is 0 Å². The van der Waals surface area contributed by atoms with Gasteiger partial charge in [0.05, 0.1) is 14.2 Å². The molecule has 0 amide bonds. The van der Waals surface area contributed by atoms with E-state index in [9.17, 15) is 0 Å². The zero-order valence-corrected chi connectivity index (χ0v) is 12.5. The predicted octanol–water partition coefficient (Wildman–Crippen LogP) is 3.12. The Balaban J connectivity index is 2.08. The highest BCUT2D eigenvalue weighted by Gasteiger charge is 2.30. The van der Waals surface area contributed by atoms with Gasteiger partial charge < -0.3 is 14.4 Å². The lowest BCUT2D eigenvalue weighted by atomic mass is 10.0. The van der Waals surface area contributed by atoms with Gasteiger partial charge in [-0.3, -0.25) is 0 Å². The molecule has 0 aromatic heterocycles. The second kappa shape index (κ2) is 6.29. The number of ether oxygens (including phenoxy) is 2. The molecule has 0 bridgehead atoms. The van der Waals surface area contributed by atoms with Crippen LogP contribution < -0.4 is 9.47 Å². The molecule has 1 aliphatic carbocycles. The van der Waals surface area contributed by atoms with Crippen molar-refractivity contribution < 1.29 is 9.47 Å². The quantitative estimate of drug-likeness (QED) is 0.754. The summed E-state index contributed by atoms with van der Waals surface area (Å²) >= 11 is 0. The minimum Gasteiger partial charge on any atom is -0.493 e. The van der Waals surface area contributed by atoms with Crippen molar-refractivity contribution in [3.63, 3.8) is 0 Å². The van der Waals surface area contributed by atoms with Gasteiger partial charge >= 0.3 is 0 Å². The largest absolute Gasteiger partial charge is 0.493 e. The van der Waals surface area contributed by atoms with Crippen molar-refractivity contribution in [3.05, 3.63) is 23.8 Å². The summed E-state index contributed by atoms with van der Waals surface area (Å²) in [5.41, 5.74) is 1.32. The lowest BCUT2D eigenvalue weighted by Gasteiger charge is -2.27. The Labute approximate surface area is 116 Å². The topological polar surface area (TPSA) is 21.7 Å². The highest BCUT2D eigenvalue weighted by Crippen LogP contribution is 2.31. The average Bonchev–Trinajstić information content (AvgIpc) is 3.28. The molecule has 3 heteroatoms. The Hall–Kier alpha value is -1.22. The Morgan fingerprint density at radius 2 is 1.89 bits per heavy atom. The molecule has 1 atom stereocenters. The summed E-state index contributed by atoms with van der Waals surface area (Å²) in [5.74, 6) is 1.62. The minimum atomic E-state index is 0.616. The van der Waals surface area contributed by atoms with Crippen molar-refractivity contribution >= 4 is 0 Å². The molecule has 0 aliphatic heterocycles. The molecular weight excluding hydrogens is 238 g/mol. The highest BCUT2D eigenvalue weighted by atomic mass is 16.5. The molecule has 1 fully saturated rings. The molecule has 1 aliphatic rings. The van der Waals surface area contributed by atoms with Crippen LogP contribution in [0, 0.1) is 0 Å². The second-order valence-electron chi connectivity index (χ2n) is 5.35. The summed E-state index contributed by atoms with van der Waals surface area (Å²) in [4.78, 5) is 2.54. The first-order valence-corrected chi connectivity index (χ1v) is 7.12. The van der Waals surface area contributed by atoms with Crippen LogP contribution in [0.4, 0.5) is 0 Å². The van der Waals surface area contributed by atoms with E-state index in [2.05, 4.69) is 31.0 Å². The van der Waals surface area contributed by atoms with E-state index in [1.165, 1.54) is 24.8 Å². The first-order chi connectivity index (χ1) is 9.19. The molecule has 1 aromatic carbocycles. The maximum Gasteiger partial charge on any atom is 0.160 e. The summed E-state index contributed by atoms with van der Waals surface area (Å²) in [5, 5.41) is 0. The van der Waals surface area contributed by atoms with E-state index in [0.29, 0.717) is 6.04 Å². The molecule has 0 radical (unpaired) electrons. The van der Waals surface area contributed by atoms with Crippen LogP contribution in [-0.2, 0) is 6.42 Å². The molecular formula is C16H25NO2. The van der Waals surface area contributed by atoms with Crippen molar-refractivity contribution in [1.82, 2.24) is 4.90 Å². The third-order valence-electron chi connectivity index (χ3n) is 4.09. The van der Waals surface area contributed by atoms with Gasteiger partial charge in [-0.1, -0.05) is 13.0 Å². The van der Waals surface area contributed by atoms with Gasteiger partial charge in [-0.25, -0.2) is 0 Å². The Kier molecular flexibility index (Phi) is 4.70. The monoisotopic (exact) mass is 263 g/mol. The number of hydrogen-bond donors (Lipinski definition) is 0. The van der Waals surface area contributed by atoms with Crippen molar-refractivity contribution in [2.24, 2.45) is 0 Å². The van der Waals surface area contributed by atoms with Gasteiger partial charge in [0.15, 0.2) is 11.5 Å². The summed E-state index contributed by atoms with van der Waals surface area (Å²) < 4.78 is 10.7. The normalized spacial score (nSPS) is 16.5. The molecule has 19 heavy (non-hydrogen) atoms. The van der Waals surface area contributed by atoms with Crippen LogP contribution in [0.1, 0.15) is 31.7 Å². The average molecular weight is 263 g/mol. The fourth-order valence-corrected chi connectivity index (χ4v) is 2.64. The van der Waals surface area contributed by atoms with E-state index in [1.54, 1.807) is 14.2 Å². The number of likely N-dealkylation sites (N-methyl/N-ethyl adjacent to an activating group) is 1. The first kappa shape index (κ1) is 14.2. The van der Waals surface area contributed by atoms with E-state index >= 15 is 0 Å². The Bertz CT molecular complexity index is 415. The summed E-state index contributed by atoms with van der Waals surface area (Å²) in [6.45, 7) is 2.27. The number of rotatable bonds is 7. The molecule has 0 spiro atoms. The van der Waals surface area contributed by atoms with E-state index in [1.807, 2.05) is 6.07 Å². The SMILES string of the molecule is CCC(Cc1ccc(OC)c(OC)c1)N(C)C1CC1. The molecule has 1 saturated carbocycles. The fourth-order valence-electron chi connectivity index (χ4n) is 2.64. The van der Waals surface area contributed by atoms with Crippen LogP contribution in [0.3, 0.4) is 0 Å². The van der Waals surface area contributed by atoms with Crippen molar-refractivity contribution in [1.29, 1.82) is 0 Å². The molecule has 0 heterocycles. The van der Waals surface area contributed by atoms with Gasteiger partial charge in [-0.05, 0) is 50.4 Å². The standard InChI is InChI=1S/C16H25NO2/c1-5-13(17(2)14-7-8-14)10-12-6-9-15(18-3)16(11-12)19-4/h6,9,11,13-14H,5,7-8,10H2,1-4H3. The third-order valence-corrected chi connectivity index (χ3v) is 4.09. The lowest BCUT2D eigenvalue weighted by Crippen LogP contribution is -2.34. The van der Waals surface area contributed by atoms with Crippen molar-refractivity contribution in [2.75, 3.05) is 21.3 Å². The number of methoxy groups -OCH3 is 2. The maximum absolute atomic E-state index is 5.37. The third kappa shape index (κ3) is 3.41. The molecule has 0 N–H and O–H groups in total. The summed E-state index contributed by atoms with van der Waals surface area (Å²) in [6.07, 6.45) is 4.98. The first-order valence-electron chi connectivity index (χ1n) is 7.12. The van der Waals surface area contributed by atoms with Gasteiger partial charge in [0.2, 0.25) is 0 Å². The van der Waals surface area contributed by atoms with Gasteiger partial charge in [0, 0.05) is 12.1 Å². The zero-order chi connectivity index (χ0) is 13.8. The zero-order valence-electron chi connectivity index (χ0n) is 12.5. The molecule has 2 rings (SSSR count). The number of nitrogens with zero attached hydrogens (tertiary/aromatic N) is 1. The fraction of sp³-hybridized carbons (Fsp3) is 0.625. The van der Waals surface area contributed by atoms with Crippen LogP contribution in [-0.4, -0.2) is 38.3 Å². The van der Waals surface area contributed by atoms with Gasteiger partial charge in [-0.2, -0.15) is 0 Å². The van der Waals surface area contributed by atoms with Crippen LogP contribution in [0.15, 0.2) is 18.2 Å². The van der Waals surface area contributed by atoms with Crippen LogP contribution in [0.2, 0.25) is 0 Å². The lowest BCUT2D eigenvalue weighted by molar-refractivity contribution is 0.224. The van der Waals surface area contributed by atoms with Crippen LogP contribution >= 0.6 is 0 Å². The predicted molar refractivity (Wildman–Crippen MR) is 78.1 cm³/mol. The maximum atomic E-state index is 5.37. The minimum absolute atomic E-state index is 0.616. The molecule has 106 valence electrons. The molecule has 1 unspecified atom stereocenters. The van der Waals surface area contributed by atoms with Gasteiger partial charge in [0.1, 0.15) is 0 Å². The molecule has 3 nitrogen and oxygen atoms in total. The van der Waals surface area contributed by atoms with E-state index in [-0.39, 0.29) is 0 Å². The number of hydrogen-bond acceptors (Lipinski definition) is 3. The number of benzene rings is 1. The van der Waals surface area contributed by atoms with Crippen molar-refractivity contribution in [3.8, 4) is 11.5 Å². The summed E-state index contributed by atoms with van der Waals surface area (Å²) in [6, 6.07) is 7.67. The van der Waals surface area contributed by atoms with Crippen LogP contribution in [0.25, 0.3) is 0 Å². The van der Waals surface area contributed by atoms with Crippen LogP contribution in [0.5, 0.6) is 11.5 Å².